The second-order valence-electron chi connectivity index (χ2n) is 3.74. The van der Waals surface area contributed by atoms with Gasteiger partial charge < -0.3 is 9.64 Å². The monoisotopic (exact) mass is 283 g/mol. The Balaban J connectivity index is 2.07. The van der Waals surface area contributed by atoms with Gasteiger partial charge in [0, 0.05) is 24.0 Å². The minimum atomic E-state index is 0.101. The first kappa shape index (κ1) is 11.6. The Morgan fingerprint density at radius 3 is 2.44 bits per heavy atom. The molecule has 0 aromatic heterocycles. The number of carbonyl (C=O) groups is 1. The summed E-state index contributed by atoms with van der Waals surface area (Å²) in [6, 6.07) is 7.72. The zero-order chi connectivity index (χ0) is 11.4. The maximum absolute atomic E-state index is 12.1. The Labute approximate surface area is 104 Å². The van der Waals surface area contributed by atoms with Crippen molar-refractivity contribution in [1.29, 1.82) is 0 Å². The summed E-state index contributed by atoms with van der Waals surface area (Å²) in [5, 5.41) is 0.818. The van der Waals surface area contributed by atoms with Crippen molar-refractivity contribution in [3.8, 4) is 0 Å². The Bertz CT molecular complexity index is 358. The number of hydrogen-bond donors (Lipinski definition) is 0. The van der Waals surface area contributed by atoms with Gasteiger partial charge >= 0.3 is 0 Å². The summed E-state index contributed by atoms with van der Waals surface area (Å²) < 4.78 is 5.22. The van der Waals surface area contributed by atoms with E-state index >= 15 is 0 Å². The average Bonchev–Trinajstić information content (AvgIpc) is 2.39. The lowest BCUT2D eigenvalue weighted by atomic mass is 10.1. The molecule has 1 amide bonds. The summed E-state index contributed by atoms with van der Waals surface area (Å²) >= 11 is 3.38. The number of rotatable bonds is 2. The van der Waals surface area contributed by atoms with E-state index in [0.29, 0.717) is 26.3 Å². The third-order valence-electron chi connectivity index (χ3n) is 2.65. The molecule has 1 saturated heterocycles. The second-order valence-corrected chi connectivity index (χ2v) is 4.30. The van der Waals surface area contributed by atoms with Crippen LogP contribution in [0.2, 0.25) is 0 Å². The molecule has 0 N–H and O–H groups in total. The number of halogens is 1. The van der Waals surface area contributed by atoms with Gasteiger partial charge in [-0.25, -0.2) is 0 Å². The molecule has 0 atom stereocenters. The lowest BCUT2D eigenvalue weighted by molar-refractivity contribution is 0.0303. The van der Waals surface area contributed by atoms with Gasteiger partial charge in [-0.05, 0) is 17.7 Å². The maximum atomic E-state index is 12.1. The molecule has 86 valence electrons. The first-order valence-electron chi connectivity index (χ1n) is 5.33. The van der Waals surface area contributed by atoms with Crippen LogP contribution in [0.3, 0.4) is 0 Å². The predicted molar refractivity (Wildman–Crippen MR) is 65.8 cm³/mol. The quantitative estimate of drug-likeness (QED) is 0.778. The fraction of sp³-hybridized carbons (Fsp3) is 0.417. The van der Waals surface area contributed by atoms with E-state index < -0.39 is 0 Å². The molecular formula is C12H14BrNO2. The minimum Gasteiger partial charge on any atom is -0.378 e. The van der Waals surface area contributed by atoms with Gasteiger partial charge in [0.1, 0.15) is 0 Å². The summed E-state index contributed by atoms with van der Waals surface area (Å²) in [4.78, 5) is 13.9. The smallest absolute Gasteiger partial charge is 0.254 e. The molecule has 1 heterocycles. The van der Waals surface area contributed by atoms with Crippen LogP contribution in [0.1, 0.15) is 15.9 Å². The molecule has 1 aromatic carbocycles. The highest BCUT2D eigenvalue weighted by molar-refractivity contribution is 9.08. The summed E-state index contributed by atoms with van der Waals surface area (Å²) in [7, 11) is 0. The molecule has 0 aliphatic carbocycles. The SMILES string of the molecule is O=C(c1ccc(CBr)cc1)N1CCOCC1. The molecule has 4 heteroatoms. The van der Waals surface area contributed by atoms with Crippen LogP contribution in [-0.4, -0.2) is 37.1 Å². The van der Waals surface area contributed by atoms with Crippen LogP contribution in [0.5, 0.6) is 0 Å². The van der Waals surface area contributed by atoms with E-state index in [1.165, 1.54) is 5.56 Å². The Morgan fingerprint density at radius 2 is 1.88 bits per heavy atom. The second kappa shape index (κ2) is 5.46. The van der Waals surface area contributed by atoms with Crippen molar-refractivity contribution in [2.75, 3.05) is 26.3 Å². The van der Waals surface area contributed by atoms with Crippen molar-refractivity contribution >= 4 is 21.8 Å². The molecule has 1 aliphatic heterocycles. The van der Waals surface area contributed by atoms with Gasteiger partial charge in [0.2, 0.25) is 0 Å². The van der Waals surface area contributed by atoms with Gasteiger partial charge in [-0.2, -0.15) is 0 Å². The van der Waals surface area contributed by atoms with E-state index in [4.69, 9.17) is 4.74 Å². The van der Waals surface area contributed by atoms with Crippen LogP contribution >= 0.6 is 15.9 Å². The number of hydrogen-bond acceptors (Lipinski definition) is 2. The zero-order valence-corrected chi connectivity index (χ0v) is 10.6. The summed E-state index contributed by atoms with van der Waals surface area (Å²) in [5.41, 5.74) is 1.94. The van der Waals surface area contributed by atoms with E-state index in [0.717, 1.165) is 10.9 Å². The van der Waals surface area contributed by atoms with E-state index in [9.17, 15) is 4.79 Å². The molecule has 0 radical (unpaired) electrons. The number of alkyl halides is 1. The van der Waals surface area contributed by atoms with Crippen molar-refractivity contribution < 1.29 is 9.53 Å². The van der Waals surface area contributed by atoms with Gasteiger partial charge in [-0.1, -0.05) is 28.1 Å². The first-order chi connectivity index (χ1) is 7.81. The molecular weight excluding hydrogens is 270 g/mol. The lowest BCUT2D eigenvalue weighted by Gasteiger charge is -2.26. The fourth-order valence-electron chi connectivity index (χ4n) is 1.69. The van der Waals surface area contributed by atoms with Crippen LogP contribution in [0.15, 0.2) is 24.3 Å². The number of morpholine rings is 1. The van der Waals surface area contributed by atoms with Crippen molar-refractivity contribution in [3.63, 3.8) is 0 Å². The highest BCUT2D eigenvalue weighted by atomic mass is 79.9. The molecule has 1 aliphatic rings. The number of carbonyl (C=O) groups excluding carboxylic acids is 1. The lowest BCUT2D eigenvalue weighted by Crippen LogP contribution is -2.40. The van der Waals surface area contributed by atoms with E-state index in [1.54, 1.807) is 0 Å². The summed E-state index contributed by atoms with van der Waals surface area (Å²) in [6.07, 6.45) is 0. The van der Waals surface area contributed by atoms with Crippen LogP contribution in [-0.2, 0) is 10.1 Å². The van der Waals surface area contributed by atoms with Gasteiger partial charge in [-0.15, -0.1) is 0 Å². The molecule has 2 rings (SSSR count). The van der Waals surface area contributed by atoms with Gasteiger partial charge in [0.05, 0.1) is 13.2 Å². The summed E-state index contributed by atoms with van der Waals surface area (Å²) in [6.45, 7) is 2.68. The van der Waals surface area contributed by atoms with Crippen molar-refractivity contribution in [3.05, 3.63) is 35.4 Å². The molecule has 16 heavy (non-hydrogen) atoms. The molecule has 0 bridgehead atoms. The van der Waals surface area contributed by atoms with Crippen molar-refractivity contribution in [2.45, 2.75) is 5.33 Å². The highest BCUT2D eigenvalue weighted by Gasteiger charge is 2.17. The topological polar surface area (TPSA) is 29.5 Å². The molecule has 1 fully saturated rings. The largest absolute Gasteiger partial charge is 0.378 e. The predicted octanol–water partition coefficient (Wildman–Crippen LogP) is 2.05. The Kier molecular flexibility index (Phi) is 3.96. The van der Waals surface area contributed by atoms with Crippen molar-refractivity contribution in [2.24, 2.45) is 0 Å². The van der Waals surface area contributed by atoms with E-state index in [2.05, 4.69) is 15.9 Å². The molecule has 3 nitrogen and oxygen atoms in total. The van der Waals surface area contributed by atoms with Crippen LogP contribution < -0.4 is 0 Å². The molecule has 0 spiro atoms. The Morgan fingerprint density at radius 1 is 1.25 bits per heavy atom. The number of nitrogens with zero attached hydrogens (tertiary/aromatic N) is 1. The standard InChI is InChI=1S/C12H14BrNO2/c13-9-10-1-3-11(4-2-10)12(15)14-5-7-16-8-6-14/h1-4H,5-9H2. The number of benzene rings is 1. The maximum Gasteiger partial charge on any atom is 0.254 e. The normalized spacial score (nSPS) is 16.2. The van der Waals surface area contributed by atoms with E-state index in [1.807, 2.05) is 29.2 Å². The van der Waals surface area contributed by atoms with Gasteiger partial charge in [-0.3, -0.25) is 4.79 Å². The van der Waals surface area contributed by atoms with Crippen LogP contribution in [0.25, 0.3) is 0 Å². The number of ether oxygens (including phenoxy) is 1. The minimum absolute atomic E-state index is 0.101. The highest BCUT2D eigenvalue weighted by Crippen LogP contribution is 2.11. The third kappa shape index (κ3) is 2.62. The van der Waals surface area contributed by atoms with Crippen LogP contribution in [0, 0.1) is 0 Å². The molecule has 0 unspecified atom stereocenters. The Hall–Kier alpha value is -0.870. The fourth-order valence-corrected chi connectivity index (χ4v) is 2.06. The zero-order valence-electron chi connectivity index (χ0n) is 8.99. The van der Waals surface area contributed by atoms with Crippen molar-refractivity contribution in [1.82, 2.24) is 4.90 Å². The first-order valence-corrected chi connectivity index (χ1v) is 6.45. The third-order valence-corrected chi connectivity index (χ3v) is 3.30. The van der Waals surface area contributed by atoms with E-state index in [-0.39, 0.29) is 5.91 Å². The van der Waals surface area contributed by atoms with Gasteiger partial charge in [0.15, 0.2) is 0 Å². The number of amides is 1. The molecule has 0 saturated carbocycles. The van der Waals surface area contributed by atoms with Crippen LogP contribution in [0.4, 0.5) is 0 Å². The average molecular weight is 284 g/mol. The summed E-state index contributed by atoms with van der Waals surface area (Å²) in [5.74, 6) is 0.101. The van der Waals surface area contributed by atoms with Gasteiger partial charge in [0.25, 0.3) is 5.91 Å². The molecule has 1 aromatic rings.